The van der Waals surface area contributed by atoms with Crippen LogP contribution in [0.3, 0.4) is 0 Å². The molecule has 0 aromatic rings. The van der Waals surface area contributed by atoms with Crippen LogP contribution in [0.4, 0.5) is 0 Å². The van der Waals surface area contributed by atoms with Crippen molar-refractivity contribution in [3.05, 3.63) is 0 Å². The normalized spacial score (nSPS) is 14.6. The summed E-state index contributed by atoms with van der Waals surface area (Å²) >= 11 is 4.07. The molecule has 0 heterocycles. The zero-order valence-electron chi connectivity index (χ0n) is 5.72. The molecule has 0 aliphatic heterocycles. The number of rotatable bonds is 3. The molecule has 0 N–H and O–H groups in total. The summed E-state index contributed by atoms with van der Waals surface area (Å²) in [4.78, 5) is 0. The van der Waals surface area contributed by atoms with E-state index in [0.29, 0.717) is 0 Å². The Morgan fingerprint density at radius 1 is 1.38 bits per heavy atom. The second kappa shape index (κ2) is 4.57. The molecule has 50 valence electrons. The fraction of sp³-hybridized carbons (Fsp3) is 1.00. The fourth-order valence-corrected chi connectivity index (χ4v) is 1.64. The number of hydrogen-bond donors (Lipinski definition) is 1. The van der Waals surface area contributed by atoms with Crippen molar-refractivity contribution in [2.75, 3.05) is 5.75 Å². The van der Waals surface area contributed by atoms with E-state index in [9.17, 15) is 0 Å². The van der Waals surface area contributed by atoms with Crippen LogP contribution in [-0.2, 0) is 0 Å². The van der Waals surface area contributed by atoms with E-state index in [1.54, 1.807) is 10.8 Å². The van der Waals surface area contributed by atoms with Crippen LogP contribution >= 0.6 is 22.5 Å². The van der Waals surface area contributed by atoms with Gasteiger partial charge in [0, 0.05) is 5.75 Å². The van der Waals surface area contributed by atoms with Crippen LogP contribution in [0.2, 0.25) is 0 Å². The minimum absolute atomic E-state index is 0.801. The molecule has 1 unspecified atom stereocenters. The zero-order valence-corrected chi connectivity index (χ0v) is 7.43. The van der Waals surface area contributed by atoms with Crippen molar-refractivity contribution >= 4 is 22.5 Å². The predicted molar refractivity (Wildman–Crippen MR) is 45.4 cm³/mol. The predicted octanol–water partition coefficient (Wildman–Crippen LogP) is 2.86. The number of hydrogen-bond acceptors (Lipinski definition) is 2. The Labute approximate surface area is 61.2 Å². The van der Waals surface area contributed by atoms with Crippen LogP contribution in [0, 0.1) is 11.8 Å². The molecule has 0 amide bonds. The smallest absolute Gasteiger partial charge is 0.00626 e. The quantitative estimate of drug-likeness (QED) is 0.477. The van der Waals surface area contributed by atoms with Gasteiger partial charge in [-0.3, -0.25) is 0 Å². The van der Waals surface area contributed by atoms with Crippen molar-refractivity contribution < 1.29 is 0 Å². The van der Waals surface area contributed by atoms with Crippen molar-refractivity contribution in [2.45, 2.75) is 20.8 Å². The van der Waals surface area contributed by atoms with Crippen LogP contribution < -0.4 is 0 Å². The molecule has 0 saturated carbocycles. The van der Waals surface area contributed by atoms with Crippen molar-refractivity contribution in [2.24, 2.45) is 11.8 Å². The minimum Gasteiger partial charge on any atom is -0.111 e. The molecule has 0 radical (unpaired) electrons. The molecule has 1 atom stereocenters. The van der Waals surface area contributed by atoms with Gasteiger partial charge in [-0.15, -0.1) is 11.7 Å². The summed E-state index contributed by atoms with van der Waals surface area (Å²) in [6, 6.07) is 0. The lowest BCUT2D eigenvalue weighted by atomic mass is 10.0. The zero-order chi connectivity index (χ0) is 6.57. The topological polar surface area (TPSA) is 0 Å². The first-order valence-electron chi connectivity index (χ1n) is 2.94. The summed E-state index contributed by atoms with van der Waals surface area (Å²) in [5, 5.41) is 0. The van der Waals surface area contributed by atoms with E-state index in [1.807, 2.05) is 0 Å². The Kier molecular flexibility index (Phi) is 4.97. The highest BCUT2D eigenvalue weighted by atomic mass is 33.1. The van der Waals surface area contributed by atoms with Gasteiger partial charge in [0.1, 0.15) is 0 Å². The van der Waals surface area contributed by atoms with E-state index in [0.717, 1.165) is 11.8 Å². The standard InChI is InChI=1S/C6H14S2/c1-5(2)6(3)4-8-7/h5-7H,4H2,1-3H3. The van der Waals surface area contributed by atoms with E-state index in [-0.39, 0.29) is 0 Å². The van der Waals surface area contributed by atoms with Crippen molar-refractivity contribution in [1.29, 1.82) is 0 Å². The van der Waals surface area contributed by atoms with Gasteiger partial charge in [0.25, 0.3) is 0 Å². The average molecular weight is 150 g/mol. The first kappa shape index (κ1) is 8.70. The Morgan fingerprint density at radius 3 is 2.00 bits per heavy atom. The maximum Gasteiger partial charge on any atom is 0.00626 e. The lowest BCUT2D eigenvalue weighted by Crippen LogP contribution is -2.05. The lowest BCUT2D eigenvalue weighted by Gasteiger charge is -2.11. The maximum absolute atomic E-state index is 4.07. The fourth-order valence-electron chi connectivity index (χ4n) is 0.310. The summed E-state index contributed by atoms with van der Waals surface area (Å²) in [6.45, 7) is 6.75. The molecule has 0 aromatic carbocycles. The van der Waals surface area contributed by atoms with Crippen molar-refractivity contribution in [3.63, 3.8) is 0 Å². The van der Waals surface area contributed by atoms with Crippen LogP contribution in [0.5, 0.6) is 0 Å². The molecule has 0 bridgehead atoms. The minimum atomic E-state index is 0.801. The molecule has 0 aromatic heterocycles. The maximum atomic E-state index is 4.07. The SMILES string of the molecule is CC(C)C(C)CSS. The van der Waals surface area contributed by atoms with Crippen LogP contribution in [-0.4, -0.2) is 5.75 Å². The summed E-state index contributed by atoms with van der Waals surface area (Å²) in [5.74, 6) is 2.77. The highest BCUT2D eigenvalue weighted by Crippen LogP contribution is 2.17. The van der Waals surface area contributed by atoms with Crippen LogP contribution in [0.25, 0.3) is 0 Å². The first-order chi connectivity index (χ1) is 3.68. The molecule has 8 heavy (non-hydrogen) atoms. The van der Waals surface area contributed by atoms with Crippen LogP contribution in [0.15, 0.2) is 0 Å². The van der Waals surface area contributed by atoms with Crippen molar-refractivity contribution in [3.8, 4) is 0 Å². The molecule has 0 rings (SSSR count). The van der Waals surface area contributed by atoms with Gasteiger partial charge in [0.2, 0.25) is 0 Å². The number of thiol groups is 1. The highest BCUT2D eigenvalue weighted by molar-refractivity contribution is 8.68. The Morgan fingerprint density at radius 2 is 1.88 bits per heavy atom. The monoisotopic (exact) mass is 150 g/mol. The van der Waals surface area contributed by atoms with Gasteiger partial charge in [0.15, 0.2) is 0 Å². The van der Waals surface area contributed by atoms with E-state index < -0.39 is 0 Å². The summed E-state index contributed by atoms with van der Waals surface area (Å²) in [7, 11) is 1.63. The van der Waals surface area contributed by atoms with Gasteiger partial charge in [-0.1, -0.05) is 31.6 Å². The molecule has 0 saturated heterocycles. The van der Waals surface area contributed by atoms with Crippen molar-refractivity contribution in [1.82, 2.24) is 0 Å². The molecular weight excluding hydrogens is 136 g/mol. The van der Waals surface area contributed by atoms with E-state index in [1.165, 1.54) is 5.75 Å². The molecule has 0 aliphatic carbocycles. The first-order valence-corrected chi connectivity index (χ1v) is 4.98. The van der Waals surface area contributed by atoms with Gasteiger partial charge in [-0.2, -0.15) is 0 Å². The van der Waals surface area contributed by atoms with Gasteiger partial charge in [-0.25, -0.2) is 0 Å². The largest absolute Gasteiger partial charge is 0.111 e. The second-order valence-corrected chi connectivity index (χ2v) is 3.88. The van der Waals surface area contributed by atoms with E-state index >= 15 is 0 Å². The Balaban J connectivity index is 3.17. The third-order valence-corrected chi connectivity index (χ3v) is 2.60. The highest BCUT2D eigenvalue weighted by Gasteiger charge is 2.04. The second-order valence-electron chi connectivity index (χ2n) is 2.52. The molecule has 0 aliphatic rings. The summed E-state index contributed by atoms with van der Waals surface area (Å²) in [5.41, 5.74) is 0. The molecule has 0 fully saturated rings. The summed E-state index contributed by atoms with van der Waals surface area (Å²) in [6.07, 6.45) is 0. The molecular formula is C6H14S2. The average Bonchev–Trinajstić information content (AvgIpc) is 1.67. The lowest BCUT2D eigenvalue weighted by molar-refractivity contribution is 0.465. The Bertz CT molecular complexity index is 52.5. The molecule has 0 nitrogen and oxygen atoms in total. The Hall–Kier alpha value is 0.700. The van der Waals surface area contributed by atoms with Crippen LogP contribution in [0.1, 0.15) is 20.8 Å². The van der Waals surface area contributed by atoms with Gasteiger partial charge < -0.3 is 0 Å². The van der Waals surface area contributed by atoms with E-state index in [4.69, 9.17) is 0 Å². The third-order valence-electron chi connectivity index (χ3n) is 1.48. The van der Waals surface area contributed by atoms with Gasteiger partial charge >= 0.3 is 0 Å². The summed E-state index contributed by atoms with van der Waals surface area (Å²) < 4.78 is 0. The van der Waals surface area contributed by atoms with E-state index in [2.05, 4.69) is 32.4 Å². The van der Waals surface area contributed by atoms with Gasteiger partial charge in [0.05, 0.1) is 0 Å². The molecule has 2 heteroatoms. The third kappa shape index (κ3) is 3.67. The molecule has 0 spiro atoms. The van der Waals surface area contributed by atoms with Gasteiger partial charge in [-0.05, 0) is 11.8 Å².